The van der Waals surface area contributed by atoms with E-state index >= 15 is 0 Å². The maximum Gasteiger partial charge on any atom is 0.323 e. The van der Waals surface area contributed by atoms with Crippen molar-refractivity contribution in [1.29, 1.82) is 0 Å². The Balaban J connectivity index is 3.92. The Bertz CT molecular complexity index is 172. The summed E-state index contributed by atoms with van der Waals surface area (Å²) in [6.45, 7) is 0. The van der Waals surface area contributed by atoms with Crippen molar-refractivity contribution in [2.75, 3.05) is 0 Å². The van der Waals surface area contributed by atoms with Gasteiger partial charge in [0.2, 0.25) is 0 Å². The molecule has 0 amide bonds. The molecule has 0 bridgehead atoms. The van der Waals surface area contributed by atoms with Gasteiger partial charge in [-0.3, -0.25) is 9.59 Å². The van der Waals surface area contributed by atoms with E-state index in [1.807, 2.05) is 0 Å². The third-order valence-corrected chi connectivity index (χ3v) is 1.04. The SMILES string of the molecule is N[C@@H](C(=O)O)C(F)CC(=O)O. The van der Waals surface area contributed by atoms with Crippen LogP contribution in [0.4, 0.5) is 4.39 Å². The summed E-state index contributed by atoms with van der Waals surface area (Å²) in [6, 6.07) is -1.76. The molecule has 5 nitrogen and oxygen atoms in total. The molecular formula is C5H8FNO4. The Morgan fingerprint density at radius 3 is 2.18 bits per heavy atom. The van der Waals surface area contributed by atoms with Crippen LogP contribution in [-0.2, 0) is 9.59 Å². The second-order valence-electron chi connectivity index (χ2n) is 1.98. The lowest BCUT2D eigenvalue weighted by molar-refractivity contribution is -0.142. The van der Waals surface area contributed by atoms with Crippen LogP contribution in [0.3, 0.4) is 0 Å². The number of alkyl halides is 1. The molecule has 4 N–H and O–H groups in total. The van der Waals surface area contributed by atoms with E-state index in [0.717, 1.165) is 0 Å². The van der Waals surface area contributed by atoms with E-state index in [2.05, 4.69) is 0 Å². The molecule has 2 atom stereocenters. The molecule has 0 aromatic rings. The Morgan fingerprint density at radius 2 is 1.91 bits per heavy atom. The van der Waals surface area contributed by atoms with E-state index in [-0.39, 0.29) is 0 Å². The third-order valence-electron chi connectivity index (χ3n) is 1.04. The van der Waals surface area contributed by atoms with E-state index in [0.29, 0.717) is 0 Å². The Morgan fingerprint density at radius 1 is 1.45 bits per heavy atom. The number of carboxylic acids is 2. The maximum absolute atomic E-state index is 12.4. The van der Waals surface area contributed by atoms with Crippen molar-refractivity contribution in [2.24, 2.45) is 5.73 Å². The van der Waals surface area contributed by atoms with Crippen LogP contribution in [0.1, 0.15) is 6.42 Å². The van der Waals surface area contributed by atoms with Crippen LogP contribution in [0.15, 0.2) is 0 Å². The number of rotatable bonds is 4. The van der Waals surface area contributed by atoms with Crippen LogP contribution < -0.4 is 5.73 Å². The molecule has 0 saturated carbocycles. The van der Waals surface area contributed by atoms with Gasteiger partial charge in [-0.25, -0.2) is 4.39 Å². The minimum absolute atomic E-state index is 0.881. The monoisotopic (exact) mass is 165 g/mol. The number of carbonyl (C=O) groups is 2. The highest BCUT2D eigenvalue weighted by molar-refractivity contribution is 5.76. The van der Waals surface area contributed by atoms with Crippen molar-refractivity contribution < 1.29 is 24.2 Å². The number of aliphatic carboxylic acids is 2. The smallest absolute Gasteiger partial charge is 0.323 e. The molecule has 0 aliphatic rings. The van der Waals surface area contributed by atoms with Crippen LogP contribution in [0.25, 0.3) is 0 Å². The zero-order valence-electron chi connectivity index (χ0n) is 5.53. The zero-order valence-corrected chi connectivity index (χ0v) is 5.53. The maximum atomic E-state index is 12.4. The van der Waals surface area contributed by atoms with Crippen LogP contribution in [0.2, 0.25) is 0 Å². The van der Waals surface area contributed by atoms with Crippen molar-refractivity contribution in [2.45, 2.75) is 18.6 Å². The summed E-state index contributed by atoms with van der Waals surface area (Å²) in [5.41, 5.74) is 4.77. The van der Waals surface area contributed by atoms with Gasteiger partial charge in [-0.1, -0.05) is 0 Å². The van der Waals surface area contributed by atoms with Crippen LogP contribution in [-0.4, -0.2) is 34.4 Å². The summed E-state index contributed by atoms with van der Waals surface area (Å²) in [4.78, 5) is 19.8. The summed E-state index contributed by atoms with van der Waals surface area (Å²) >= 11 is 0. The van der Waals surface area contributed by atoms with Gasteiger partial charge in [0.05, 0.1) is 6.42 Å². The Labute approximate surface area is 61.6 Å². The molecule has 0 radical (unpaired) electrons. The fourth-order valence-electron chi connectivity index (χ4n) is 0.448. The molecule has 64 valence electrons. The summed E-state index contributed by atoms with van der Waals surface area (Å²) in [5.74, 6) is -2.95. The highest BCUT2D eigenvalue weighted by Gasteiger charge is 2.25. The van der Waals surface area contributed by atoms with Crippen LogP contribution >= 0.6 is 0 Å². The summed E-state index contributed by atoms with van der Waals surface area (Å²) < 4.78 is 12.4. The minimum Gasteiger partial charge on any atom is -0.481 e. The summed E-state index contributed by atoms with van der Waals surface area (Å²) in [6.07, 6.45) is -2.92. The first kappa shape index (κ1) is 9.83. The Hall–Kier alpha value is -1.17. The van der Waals surface area contributed by atoms with Crippen LogP contribution in [0.5, 0.6) is 0 Å². The predicted octanol–water partition coefficient (Wildman–Crippen LogP) is -0.789. The molecule has 0 heterocycles. The van der Waals surface area contributed by atoms with Gasteiger partial charge in [0.15, 0.2) is 0 Å². The molecule has 0 aliphatic heterocycles. The van der Waals surface area contributed by atoms with E-state index in [1.165, 1.54) is 0 Å². The normalized spacial score (nSPS) is 15.5. The number of hydrogen-bond donors (Lipinski definition) is 3. The highest BCUT2D eigenvalue weighted by atomic mass is 19.1. The third kappa shape index (κ3) is 3.51. The van der Waals surface area contributed by atoms with Gasteiger partial charge >= 0.3 is 11.9 Å². The van der Waals surface area contributed by atoms with Gasteiger partial charge in [-0.05, 0) is 0 Å². The lowest BCUT2D eigenvalue weighted by atomic mass is 10.1. The highest BCUT2D eigenvalue weighted by Crippen LogP contribution is 2.02. The van der Waals surface area contributed by atoms with Gasteiger partial charge in [-0.2, -0.15) is 0 Å². The lowest BCUT2D eigenvalue weighted by Gasteiger charge is -2.08. The van der Waals surface area contributed by atoms with Gasteiger partial charge in [0, 0.05) is 0 Å². The van der Waals surface area contributed by atoms with Crippen molar-refractivity contribution in [3.05, 3.63) is 0 Å². The van der Waals surface area contributed by atoms with Crippen molar-refractivity contribution in [1.82, 2.24) is 0 Å². The summed E-state index contributed by atoms with van der Waals surface area (Å²) in [5, 5.41) is 16.1. The number of nitrogens with two attached hydrogens (primary N) is 1. The molecule has 0 saturated heterocycles. The second-order valence-corrected chi connectivity index (χ2v) is 1.98. The first-order valence-electron chi connectivity index (χ1n) is 2.79. The van der Waals surface area contributed by atoms with Crippen LogP contribution in [0, 0.1) is 0 Å². The van der Waals surface area contributed by atoms with E-state index in [9.17, 15) is 14.0 Å². The molecule has 0 aliphatic carbocycles. The molecule has 0 spiro atoms. The molecule has 0 rings (SSSR count). The van der Waals surface area contributed by atoms with E-state index in [4.69, 9.17) is 15.9 Å². The van der Waals surface area contributed by atoms with Gasteiger partial charge in [0.1, 0.15) is 12.2 Å². The lowest BCUT2D eigenvalue weighted by Crippen LogP contribution is -2.40. The Kier molecular flexibility index (Phi) is 3.46. The first-order valence-corrected chi connectivity index (χ1v) is 2.79. The average molecular weight is 165 g/mol. The molecule has 0 aromatic heterocycles. The van der Waals surface area contributed by atoms with Gasteiger partial charge in [-0.15, -0.1) is 0 Å². The predicted molar refractivity (Wildman–Crippen MR) is 32.8 cm³/mol. The molecule has 1 unspecified atom stereocenters. The van der Waals surface area contributed by atoms with Crippen molar-refractivity contribution in [3.8, 4) is 0 Å². The van der Waals surface area contributed by atoms with Crippen molar-refractivity contribution >= 4 is 11.9 Å². The van der Waals surface area contributed by atoms with E-state index in [1.54, 1.807) is 0 Å². The average Bonchev–Trinajstić information content (AvgIpc) is 1.84. The number of hydrogen-bond acceptors (Lipinski definition) is 3. The van der Waals surface area contributed by atoms with E-state index < -0.39 is 30.6 Å². The fraction of sp³-hybridized carbons (Fsp3) is 0.600. The molecule has 6 heteroatoms. The summed E-state index contributed by atoms with van der Waals surface area (Å²) in [7, 11) is 0. The minimum atomic E-state index is -2.04. The molecule has 0 fully saturated rings. The topological polar surface area (TPSA) is 101 Å². The fourth-order valence-corrected chi connectivity index (χ4v) is 0.448. The zero-order chi connectivity index (χ0) is 9.02. The van der Waals surface area contributed by atoms with Gasteiger partial charge < -0.3 is 15.9 Å². The molecule has 0 aromatic carbocycles. The molecule has 11 heavy (non-hydrogen) atoms. The quantitative estimate of drug-likeness (QED) is 0.506. The molecular weight excluding hydrogens is 157 g/mol. The van der Waals surface area contributed by atoms with Gasteiger partial charge in [0.25, 0.3) is 0 Å². The second kappa shape index (κ2) is 3.87. The number of halogens is 1. The standard InChI is InChI=1S/C5H8FNO4/c6-2(1-3(8)9)4(7)5(10)11/h2,4H,1,7H2,(H,8,9)(H,10,11)/t2?,4-/m1/s1. The largest absolute Gasteiger partial charge is 0.481 e. The first-order chi connectivity index (χ1) is 4.95. The number of carboxylic acid groups (broad SMARTS) is 2. The van der Waals surface area contributed by atoms with Crippen molar-refractivity contribution in [3.63, 3.8) is 0 Å².